The number of carbonyl (C=O) groups is 1. The normalized spacial score (nSPS) is 13.3. The first-order valence-corrected chi connectivity index (χ1v) is 10.4. The summed E-state index contributed by atoms with van der Waals surface area (Å²) in [5.41, 5.74) is 1.62. The molecule has 0 unspecified atom stereocenters. The van der Waals surface area contributed by atoms with Crippen LogP contribution in [0, 0.1) is 0 Å². The fourth-order valence-corrected chi connectivity index (χ4v) is 4.38. The molecule has 5 rings (SSSR count). The largest absolute Gasteiger partial charge is 0.495 e. The number of amides is 1. The number of hydrogen-bond acceptors (Lipinski definition) is 4. The number of carbonyl (C=O) groups excluding carboxylic acids is 1. The molecule has 0 bridgehead atoms. The number of anilines is 1. The predicted octanol–water partition coefficient (Wildman–Crippen LogP) is 5.34. The highest BCUT2D eigenvalue weighted by Gasteiger charge is 2.41. The summed E-state index contributed by atoms with van der Waals surface area (Å²) in [6.45, 7) is -0.247. The first-order chi connectivity index (χ1) is 16.3. The molecular formula is C25H19F3N4O2. The van der Waals surface area contributed by atoms with Crippen LogP contribution in [0.5, 0.6) is 5.75 Å². The van der Waals surface area contributed by atoms with Gasteiger partial charge < -0.3 is 9.30 Å². The molecule has 0 atom stereocenters. The Morgan fingerprint density at radius 2 is 1.74 bits per heavy atom. The number of fused-ring (bicyclic) bond motifs is 1. The van der Waals surface area contributed by atoms with Crippen LogP contribution in [0.25, 0.3) is 22.5 Å². The molecule has 34 heavy (non-hydrogen) atoms. The van der Waals surface area contributed by atoms with Gasteiger partial charge >= 0.3 is 6.18 Å². The number of rotatable bonds is 4. The van der Waals surface area contributed by atoms with E-state index in [1.54, 1.807) is 17.7 Å². The molecule has 0 fully saturated rings. The van der Waals surface area contributed by atoms with Crippen molar-refractivity contribution >= 4 is 11.6 Å². The fourth-order valence-electron chi connectivity index (χ4n) is 4.38. The van der Waals surface area contributed by atoms with Gasteiger partial charge in [0.05, 0.1) is 30.5 Å². The SMILES string of the molecule is COc1ccc(-c2ccccc2)c(-c2nncn2C)c1N1Cc2c(cccc2C(F)(F)F)C1=O. The zero-order valence-corrected chi connectivity index (χ0v) is 18.3. The Hall–Kier alpha value is -4.14. The van der Waals surface area contributed by atoms with E-state index >= 15 is 0 Å². The number of alkyl halides is 3. The Balaban J connectivity index is 1.78. The summed E-state index contributed by atoms with van der Waals surface area (Å²) in [6, 6.07) is 16.7. The van der Waals surface area contributed by atoms with Crippen molar-refractivity contribution in [1.29, 1.82) is 0 Å². The molecule has 172 valence electrons. The average molecular weight is 464 g/mol. The topological polar surface area (TPSA) is 60.3 Å². The summed E-state index contributed by atoms with van der Waals surface area (Å²) >= 11 is 0. The number of benzene rings is 3. The summed E-state index contributed by atoms with van der Waals surface area (Å²) in [5, 5.41) is 8.23. The smallest absolute Gasteiger partial charge is 0.416 e. The molecule has 0 spiro atoms. The molecule has 0 N–H and O–H groups in total. The number of ether oxygens (including phenoxy) is 1. The minimum atomic E-state index is -4.58. The molecule has 1 aliphatic rings. The van der Waals surface area contributed by atoms with E-state index in [9.17, 15) is 18.0 Å². The van der Waals surface area contributed by atoms with Gasteiger partial charge in [-0.05, 0) is 41.0 Å². The van der Waals surface area contributed by atoms with Gasteiger partial charge in [-0.25, -0.2) is 0 Å². The number of aromatic nitrogens is 3. The fraction of sp³-hybridized carbons (Fsp3) is 0.160. The molecule has 1 aromatic heterocycles. The second-order valence-corrected chi connectivity index (χ2v) is 7.89. The second kappa shape index (κ2) is 8.02. The van der Waals surface area contributed by atoms with E-state index in [1.807, 2.05) is 36.4 Å². The first kappa shape index (κ1) is 21.7. The minimum absolute atomic E-state index is 0.0194. The molecule has 9 heteroatoms. The van der Waals surface area contributed by atoms with Crippen LogP contribution in [0.3, 0.4) is 0 Å². The standard InChI is InChI=1S/C25H19F3N4O2/c1-31-14-29-30-23(31)21-16(15-7-4-3-5-8-15)11-12-20(34-2)22(21)32-13-18-17(24(32)33)9-6-10-19(18)25(26,27)28/h3-12,14H,13H2,1-2H3. The Kier molecular flexibility index (Phi) is 5.11. The van der Waals surface area contributed by atoms with E-state index in [0.29, 0.717) is 22.8 Å². The molecule has 0 saturated carbocycles. The first-order valence-electron chi connectivity index (χ1n) is 10.4. The van der Waals surface area contributed by atoms with Gasteiger partial charge in [-0.1, -0.05) is 36.4 Å². The molecule has 0 saturated heterocycles. The number of halogens is 3. The maximum Gasteiger partial charge on any atom is 0.416 e. The number of aryl methyl sites for hydroxylation is 1. The van der Waals surface area contributed by atoms with Gasteiger partial charge in [-0.3, -0.25) is 9.69 Å². The van der Waals surface area contributed by atoms with Crippen molar-refractivity contribution in [2.24, 2.45) is 7.05 Å². The van der Waals surface area contributed by atoms with E-state index in [-0.39, 0.29) is 17.7 Å². The van der Waals surface area contributed by atoms with Crippen LogP contribution >= 0.6 is 0 Å². The van der Waals surface area contributed by atoms with E-state index in [1.165, 1.54) is 30.5 Å². The van der Waals surface area contributed by atoms with Crippen molar-refractivity contribution in [3.05, 3.63) is 83.7 Å². The van der Waals surface area contributed by atoms with Crippen LogP contribution in [-0.2, 0) is 19.8 Å². The van der Waals surface area contributed by atoms with Gasteiger partial charge in [0, 0.05) is 12.6 Å². The monoisotopic (exact) mass is 464 g/mol. The lowest BCUT2D eigenvalue weighted by Crippen LogP contribution is -2.25. The van der Waals surface area contributed by atoms with Gasteiger partial charge in [0.1, 0.15) is 12.1 Å². The Bertz CT molecular complexity index is 1400. The Morgan fingerprint density at radius 1 is 0.971 bits per heavy atom. The van der Waals surface area contributed by atoms with Crippen molar-refractivity contribution < 1.29 is 22.7 Å². The average Bonchev–Trinajstić information content (AvgIpc) is 3.40. The van der Waals surface area contributed by atoms with Crippen molar-refractivity contribution in [3.63, 3.8) is 0 Å². The minimum Gasteiger partial charge on any atom is -0.495 e. The molecular weight excluding hydrogens is 445 g/mol. The Labute approximate surface area is 193 Å². The summed E-state index contributed by atoms with van der Waals surface area (Å²) in [6.07, 6.45) is -3.06. The van der Waals surface area contributed by atoms with Gasteiger partial charge in [0.2, 0.25) is 0 Å². The third kappa shape index (κ3) is 3.40. The van der Waals surface area contributed by atoms with Crippen molar-refractivity contribution in [1.82, 2.24) is 14.8 Å². The van der Waals surface area contributed by atoms with Crippen molar-refractivity contribution in [3.8, 4) is 28.3 Å². The van der Waals surface area contributed by atoms with E-state index in [0.717, 1.165) is 17.2 Å². The number of nitrogens with zero attached hydrogens (tertiary/aromatic N) is 4. The summed E-state index contributed by atoms with van der Waals surface area (Å²) in [7, 11) is 3.21. The quantitative estimate of drug-likeness (QED) is 0.409. The molecule has 3 aromatic carbocycles. The van der Waals surface area contributed by atoms with Gasteiger partial charge in [0.25, 0.3) is 5.91 Å². The highest BCUT2D eigenvalue weighted by atomic mass is 19.4. The van der Waals surface area contributed by atoms with Crippen LogP contribution in [-0.4, -0.2) is 27.8 Å². The molecule has 1 amide bonds. The van der Waals surface area contributed by atoms with Crippen molar-refractivity contribution in [2.75, 3.05) is 12.0 Å². The number of hydrogen-bond donors (Lipinski definition) is 0. The highest BCUT2D eigenvalue weighted by molar-refractivity contribution is 6.14. The molecule has 4 aromatic rings. The maximum absolute atomic E-state index is 13.7. The number of methoxy groups -OCH3 is 1. The predicted molar refractivity (Wildman–Crippen MR) is 120 cm³/mol. The van der Waals surface area contributed by atoms with Gasteiger partial charge in [0.15, 0.2) is 5.82 Å². The van der Waals surface area contributed by atoms with Crippen LogP contribution in [0.2, 0.25) is 0 Å². The lowest BCUT2D eigenvalue weighted by Gasteiger charge is -2.24. The van der Waals surface area contributed by atoms with Crippen LogP contribution in [0.1, 0.15) is 21.5 Å². The zero-order chi connectivity index (χ0) is 24.0. The summed E-state index contributed by atoms with van der Waals surface area (Å²) < 4.78 is 48.4. The lowest BCUT2D eigenvalue weighted by atomic mass is 9.96. The molecule has 2 heterocycles. The second-order valence-electron chi connectivity index (χ2n) is 7.89. The summed E-state index contributed by atoms with van der Waals surface area (Å²) in [4.78, 5) is 14.8. The molecule has 0 radical (unpaired) electrons. The molecule has 0 aliphatic carbocycles. The molecule has 6 nitrogen and oxygen atoms in total. The highest BCUT2D eigenvalue weighted by Crippen LogP contribution is 2.48. The van der Waals surface area contributed by atoms with Gasteiger partial charge in [-0.2, -0.15) is 13.2 Å². The molecule has 1 aliphatic heterocycles. The zero-order valence-electron chi connectivity index (χ0n) is 18.3. The Morgan fingerprint density at radius 3 is 2.38 bits per heavy atom. The van der Waals surface area contributed by atoms with E-state index in [4.69, 9.17) is 4.74 Å². The van der Waals surface area contributed by atoms with E-state index < -0.39 is 17.6 Å². The maximum atomic E-state index is 13.7. The van der Waals surface area contributed by atoms with Crippen LogP contribution < -0.4 is 9.64 Å². The van der Waals surface area contributed by atoms with E-state index in [2.05, 4.69) is 10.2 Å². The third-order valence-electron chi connectivity index (χ3n) is 5.92. The third-order valence-corrected chi connectivity index (χ3v) is 5.92. The van der Waals surface area contributed by atoms with Gasteiger partial charge in [-0.15, -0.1) is 10.2 Å². The van der Waals surface area contributed by atoms with Crippen LogP contribution in [0.4, 0.5) is 18.9 Å². The van der Waals surface area contributed by atoms with Crippen LogP contribution in [0.15, 0.2) is 67.0 Å². The van der Waals surface area contributed by atoms with Crippen molar-refractivity contribution in [2.45, 2.75) is 12.7 Å². The summed E-state index contributed by atoms with van der Waals surface area (Å²) in [5.74, 6) is 0.257. The lowest BCUT2D eigenvalue weighted by molar-refractivity contribution is -0.138.